The largest absolute Gasteiger partial charge is 0.455 e. The Bertz CT molecular complexity index is 1710. The average Bonchev–Trinajstić information content (AvgIpc) is 3.67. The predicted molar refractivity (Wildman–Crippen MR) is 140 cm³/mol. The summed E-state index contributed by atoms with van der Waals surface area (Å²) in [4.78, 5) is 4.61. The number of fused-ring (bicyclic) bond motifs is 5. The molecule has 0 amide bonds. The monoisotopic (exact) mass is 448 g/mol. The Kier molecular flexibility index (Phi) is 3.57. The van der Waals surface area contributed by atoms with Crippen LogP contribution in [-0.4, -0.2) is 4.98 Å². The Hall–Kier alpha value is -3.39. The number of nitrogens with zero attached hydrogens (tertiary/aromatic N) is 1. The first-order valence-corrected chi connectivity index (χ1v) is 12.2. The van der Waals surface area contributed by atoms with Gasteiger partial charge in [0, 0.05) is 29.4 Å². The summed E-state index contributed by atoms with van der Waals surface area (Å²) in [6.45, 7) is -2.32. The zero-order valence-corrected chi connectivity index (χ0v) is 18.9. The van der Waals surface area contributed by atoms with Crippen molar-refractivity contribution in [1.29, 1.82) is 0 Å². The van der Waals surface area contributed by atoms with Crippen molar-refractivity contribution >= 4 is 21.9 Å². The highest BCUT2D eigenvalue weighted by molar-refractivity contribution is 6.11. The van der Waals surface area contributed by atoms with Gasteiger partial charge in [0.05, 0.1) is 5.69 Å². The Morgan fingerprint density at radius 1 is 0.971 bits per heavy atom. The maximum atomic E-state index is 9.09. The second-order valence-electron chi connectivity index (χ2n) is 9.90. The summed E-state index contributed by atoms with van der Waals surface area (Å²) in [5, 5.41) is 1.30. The molecule has 3 unspecified atom stereocenters. The van der Waals surface area contributed by atoms with E-state index in [4.69, 9.17) is 11.3 Å². The van der Waals surface area contributed by atoms with E-state index in [1.54, 1.807) is 24.4 Å². The van der Waals surface area contributed by atoms with Gasteiger partial charge in [-0.05, 0) is 103 Å². The van der Waals surface area contributed by atoms with Crippen LogP contribution in [0.5, 0.6) is 0 Å². The summed E-state index contributed by atoms with van der Waals surface area (Å²) in [5.74, 6) is 1.12. The van der Waals surface area contributed by atoms with Gasteiger partial charge in [-0.1, -0.05) is 48.9 Å². The third-order valence-electron chi connectivity index (χ3n) is 7.85. The number of hydrogen-bond donors (Lipinski definition) is 0. The van der Waals surface area contributed by atoms with Crippen LogP contribution in [0.15, 0.2) is 83.4 Å². The third kappa shape index (κ3) is 3.27. The Morgan fingerprint density at radius 2 is 1.91 bits per heavy atom. The molecule has 0 radical (unpaired) electrons. The first-order valence-electron chi connectivity index (χ1n) is 14.7. The smallest absolute Gasteiger partial charge is 0.145 e. The molecular formula is C32H29NO. The van der Waals surface area contributed by atoms with E-state index in [2.05, 4.69) is 4.98 Å². The lowest BCUT2D eigenvalue weighted by molar-refractivity contribution is 0.331. The quantitative estimate of drug-likeness (QED) is 0.275. The minimum absolute atomic E-state index is 0.0204. The van der Waals surface area contributed by atoms with Crippen LogP contribution in [0, 0.1) is 24.6 Å². The van der Waals surface area contributed by atoms with Crippen molar-refractivity contribution in [1.82, 2.24) is 4.98 Å². The van der Waals surface area contributed by atoms with E-state index in [9.17, 15) is 0 Å². The molecule has 2 heteroatoms. The average molecular weight is 449 g/mol. The van der Waals surface area contributed by atoms with E-state index >= 15 is 0 Å². The number of hydrogen-bond acceptors (Lipinski definition) is 2. The zero-order chi connectivity index (χ0) is 26.9. The summed E-state index contributed by atoms with van der Waals surface area (Å²) < 4.78 is 49.2. The molecule has 0 saturated heterocycles. The number of pyridine rings is 1. The summed E-state index contributed by atoms with van der Waals surface area (Å²) in [5.41, 5.74) is 5.23. The van der Waals surface area contributed by atoms with Crippen molar-refractivity contribution in [3.8, 4) is 22.4 Å². The molecule has 0 N–H and O–H groups in total. The molecule has 2 aromatic heterocycles. The molecule has 0 aliphatic heterocycles. The number of benzene rings is 3. The Labute approximate surface area is 207 Å². The van der Waals surface area contributed by atoms with Crippen molar-refractivity contribution in [3.63, 3.8) is 0 Å². The number of aromatic nitrogens is 1. The molecule has 3 aromatic carbocycles. The normalized spacial score (nSPS) is 24.6. The van der Waals surface area contributed by atoms with Gasteiger partial charge in [0.2, 0.25) is 0 Å². The maximum Gasteiger partial charge on any atom is 0.145 e. The molecule has 168 valence electrons. The number of aryl methyl sites for hydroxylation is 1. The first-order chi connectivity index (χ1) is 18.7. The van der Waals surface area contributed by atoms with Gasteiger partial charge < -0.3 is 4.42 Å². The molecule has 0 spiro atoms. The van der Waals surface area contributed by atoms with Crippen molar-refractivity contribution in [2.45, 2.75) is 38.9 Å². The summed E-state index contributed by atoms with van der Waals surface area (Å²) in [7, 11) is 0. The summed E-state index contributed by atoms with van der Waals surface area (Å²) >= 11 is 0. The fraction of sp³-hybridized carbons (Fsp3) is 0.281. The minimum Gasteiger partial charge on any atom is -0.455 e. The van der Waals surface area contributed by atoms with Crippen LogP contribution in [0.1, 0.15) is 43.7 Å². The summed E-state index contributed by atoms with van der Waals surface area (Å²) in [6.07, 6.45) is 4.64. The topological polar surface area (TPSA) is 26.0 Å². The van der Waals surface area contributed by atoms with Crippen LogP contribution in [0.4, 0.5) is 0 Å². The highest BCUT2D eigenvalue weighted by atomic mass is 16.3. The number of rotatable bonds is 4. The number of furan rings is 1. The van der Waals surface area contributed by atoms with E-state index in [0.29, 0.717) is 45.2 Å². The molecular weight excluding hydrogens is 414 g/mol. The Morgan fingerprint density at radius 3 is 2.74 bits per heavy atom. The molecule has 34 heavy (non-hydrogen) atoms. The molecule has 2 nitrogen and oxygen atoms in total. The van der Waals surface area contributed by atoms with Gasteiger partial charge in [0.15, 0.2) is 0 Å². The van der Waals surface area contributed by atoms with Gasteiger partial charge in [0.25, 0.3) is 0 Å². The van der Waals surface area contributed by atoms with Crippen LogP contribution in [0.25, 0.3) is 44.3 Å². The lowest BCUT2D eigenvalue weighted by atomic mass is 9.84. The van der Waals surface area contributed by atoms with Gasteiger partial charge in [0.1, 0.15) is 11.2 Å². The van der Waals surface area contributed by atoms with E-state index in [1.165, 1.54) is 6.42 Å². The molecule has 2 aliphatic carbocycles. The Balaban J connectivity index is 1.39. The van der Waals surface area contributed by atoms with Gasteiger partial charge in [-0.25, -0.2) is 0 Å². The molecule has 7 rings (SSSR count). The molecule has 3 atom stereocenters. The van der Waals surface area contributed by atoms with E-state index in [1.807, 2.05) is 54.6 Å². The predicted octanol–water partition coefficient (Wildman–Crippen LogP) is 8.60. The fourth-order valence-electron chi connectivity index (χ4n) is 6.19. The molecule has 2 fully saturated rings. The highest BCUT2D eigenvalue weighted by Gasteiger charge is 2.39. The van der Waals surface area contributed by atoms with E-state index < -0.39 is 13.2 Å². The lowest BCUT2D eigenvalue weighted by Gasteiger charge is -2.21. The van der Waals surface area contributed by atoms with Crippen molar-refractivity contribution in [2.24, 2.45) is 17.8 Å². The standard InChI is InChI=1S/C32H29NO/c1-20-7-11-27(29-18-22(13-14-33-29)17-26-16-21-8-9-24(26)15-21)32-31(20)28-12-10-25(19-30(28)34-32)23-5-3-2-4-6-23/h2-7,10-14,18-19,21,24,26H,8-9,15-17H2,1H3/i1D3,17D2. The SMILES string of the molecule is [2H]C([2H])([2H])c1ccc(-c2cc(C([2H])([2H])C3CC4CCC3C4)ccn2)c2oc3cc(-c4ccccc4)ccc3c12. The molecule has 2 bridgehead atoms. The van der Waals surface area contributed by atoms with Crippen molar-refractivity contribution in [3.05, 3.63) is 90.1 Å². The van der Waals surface area contributed by atoms with Crippen LogP contribution in [-0.2, 0) is 6.37 Å². The third-order valence-corrected chi connectivity index (χ3v) is 7.85. The molecule has 2 saturated carbocycles. The van der Waals surface area contributed by atoms with E-state index in [-0.39, 0.29) is 11.5 Å². The minimum atomic E-state index is -2.32. The first kappa shape index (κ1) is 15.5. The second-order valence-corrected chi connectivity index (χ2v) is 9.90. The van der Waals surface area contributed by atoms with Gasteiger partial charge in [-0.3, -0.25) is 4.98 Å². The fourth-order valence-corrected chi connectivity index (χ4v) is 6.19. The van der Waals surface area contributed by atoms with Gasteiger partial charge >= 0.3 is 0 Å². The van der Waals surface area contributed by atoms with Crippen molar-refractivity contribution < 1.29 is 11.3 Å². The van der Waals surface area contributed by atoms with E-state index in [0.717, 1.165) is 35.8 Å². The lowest BCUT2D eigenvalue weighted by Crippen LogP contribution is -2.13. The van der Waals surface area contributed by atoms with Crippen molar-refractivity contribution in [2.75, 3.05) is 0 Å². The molecule has 2 aliphatic rings. The highest BCUT2D eigenvalue weighted by Crippen LogP contribution is 2.49. The van der Waals surface area contributed by atoms with Crippen LogP contribution in [0.2, 0.25) is 0 Å². The summed E-state index contributed by atoms with van der Waals surface area (Å²) in [6, 6.07) is 22.9. The van der Waals surface area contributed by atoms with Gasteiger partial charge in [-0.2, -0.15) is 0 Å². The maximum absolute atomic E-state index is 9.09. The van der Waals surface area contributed by atoms with Crippen LogP contribution < -0.4 is 0 Å². The van der Waals surface area contributed by atoms with Gasteiger partial charge in [-0.15, -0.1) is 0 Å². The molecule has 2 heterocycles. The van der Waals surface area contributed by atoms with Crippen LogP contribution >= 0.6 is 0 Å². The second kappa shape index (κ2) is 7.84. The molecule has 5 aromatic rings. The zero-order valence-electron chi connectivity index (χ0n) is 23.9. The van der Waals surface area contributed by atoms with Crippen LogP contribution in [0.3, 0.4) is 0 Å².